The molecule has 8 heteroatoms. The molecule has 0 aliphatic carbocycles. The minimum Gasteiger partial charge on any atom is -0.507 e. The van der Waals surface area contributed by atoms with Gasteiger partial charge < -0.3 is 14.8 Å². The fourth-order valence-electron chi connectivity index (χ4n) is 4.14. The summed E-state index contributed by atoms with van der Waals surface area (Å²) in [7, 11) is 1.55. The SMILES string of the molecule is COc1ccc(/C(O)=C2\C(=O)C(=O)N(c3nc4ccccc4[nH]3)C2c2ccncc2)c(C)c1. The Hall–Kier alpha value is -4.46. The number of rotatable bonds is 4. The number of aryl methyl sites for hydroxylation is 1. The van der Waals surface area contributed by atoms with E-state index in [0.29, 0.717) is 28.0 Å². The largest absolute Gasteiger partial charge is 0.507 e. The van der Waals surface area contributed by atoms with E-state index in [9.17, 15) is 14.7 Å². The number of anilines is 1. The predicted octanol–water partition coefficient (Wildman–Crippen LogP) is 3.90. The molecule has 1 atom stereocenters. The van der Waals surface area contributed by atoms with Crippen molar-refractivity contribution in [2.75, 3.05) is 12.0 Å². The van der Waals surface area contributed by atoms with Crippen LogP contribution in [-0.2, 0) is 9.59 Å². The lowest BCUT2D eigenvalue weighted by atomic mass is 9.94. The Morgan fingerprint density at radius 3 is 2.55 bits per heavy atom. The maximum atomic E-state index is 13.2. The monoisotopic (exact) mass is 440 g/mol. The van der Waals surface area contributed by atoms with Gasteiger partial charge in [-0.25, -0.2) is 4.98 Å². The molecule has 164 valence electrons. The van der Waals surface area contributed by atoms with Gasteiger partial charge in [0.15, 0.2) is 0 Å². The molecule has 1 fully saturated rings. The second kappa shape index (κ2) is 7.90. The molecule has 2 aromatic carbocycles. The zero-order valence-electron chi connectivity index (χ0n) is 17.9. The molecule has 1 aliphatic heterocycles. The van der Waals surface area contributed by atoms with Crippen LogP contribution in [0.15, 0.2) is 72.6 Å². The number of Topliss-reactive ketones (excluding diaryl/α,β-unsaturated/α-hetero) is 1. The highest BCUT2D eigenvalue weighted by molar-refractivity contribution is 6.51. The zero-order valence-corrected chi connectivity index (χ0v) is 17.9. The number of nitrogens with zero attached hydrogens (tertiary/aromatic N) is 3. The third-order valence-electron chi connectivity index (χ3n) is 5.76. The van der Waals surface area contributed by atoms with Gasteiger partial charge in [0.05, 0.1) is 29.8 Å². The van der Waals surface area contributed by atoms with Crippen LogP contribution in [0.5, 0.6) is 5.75 Å². The van der Waals surface area contributed by atoms with E-state index in [-0.39, 0.29) is 17.3 Å². The topological polar surface area (TPSA) is 108 Å². The molecule has 1 amide bonds. The molecule has 1 saturated heterocycles. The Kier molecular flexibility index (Phi) is 4.90. The molecule has 0 saturated carbocycles. The molecule has 4 aromatic rings. The summed E-state index contributed by atoms with van der Waals surface area (Å²) in [6.07, 6.45) is 3.15. The standard InChI is InChI=1S/C25H20N4O4/c1-14-13-16(33-2)7-8-17(14)22(30)20-21(15-9-11-26-12-10-15)29(24(32)23(20)31)25-27-18-5-3-4-6-19(18)28-25/h3-13,21,30H,1-2H3,(H,27,28)/b22-20+. The molecule has 1 unspecified atom stereocenters. The van der Waals surface area contributed by atoms with Crippen LogP contribution in [0.2, 0.25) is 0 Å². The number of methoxy groups -OCH3 is 1. The van der Waals surface area contributed by atoms with E-state index in [1.807, 2.05) is 24.3 Å². The number of para-hydroxylation sites is 2. The predicted molar refractivity (Wildman–Crippen MR) is 123 cm³/mol. The maximum absolute atomic E-state index is 13.2. The number of aromatic nitrogens is 3. The van der Waals surface area contributed by atoms with Crippen molar-refractivity contribution in [3.63, 3.8) is 0 Å². The van der Waals surface area contributed by atoms with Gasteiger partial charge >= 0.3 is 5.91 Å². The number of aromatic amines is 1. The Balaban J connectivity index is 1.73. The molecule has 8 nitrogen and oxygen atoms in total. The average Bonchev–Trinajstić information content (AvgIpc) is 3.37. The third-order valence-corrected chi connectivity index (χ3v) is 5.76. The van der Waals surface area contributed by atoms with Crippen LogP contribution >= 0.6 is 0 Å². The molecule has 5 rings (SSSR count). The van der Waals surface area contributed by atoms with E-state index in [1.165, 1.54) is 4.90 Å². The highest BCUT2D eigenvalue weighted by atomic mass is 16.5. The van der Waals surface area contributed by atoms with Crippen molar-refractivity contribution in [2.45, 2.75) is 13.0 Å². The summed E-state index contributed by atoms with van der Waals surface area (Å²) in [5.74, 6) is -0.967. The molecule has 0 bridgehead atoms. The van der Waals surface area contributed by atoms with Crippen LogP contribution in [0.3, 0.4) is 0 Å². The molecule has 2 aromatic heterocycles. The lowest BCUT2D eigenvalue weighted by Gasteiger charge is -2.23. The number of hydrogen-bond donors (Lipinski definition) is 2. The van der Waals surface area contributed by atoms with Crippen LogP contribution < -0.4 is 9.64 Å². The van der Waals surface area contributed by atoms with Crippen molar-refractivity contribution in [3.05, 3.63) is 89.3 Å². The summed E-state index contributed by atoms with van der Waals surface area (Å²) in [5.41, 5.74) is 3.15. The first-order valence-corrected chi connectivity index (χ1v) is 10.3. The highest BCUT2D eigenvalue weighted by Gasteiger charge is 2.48. The van der Waals surface area contributed by atoms with E-state index in [0.717, 1.165) is 5.52 Å². The number of carbonyl (C=O) groups is 2. The van der Waals surface area contributed by atoms with E-state index in [1.54, 1.807) is 56.8 Å². The number of benzene rings is 2. The number of H-pyrrole nitrogens is 1. The second-order valence-corrected chi connectivity index (χ2v) is 7.71. The first-order chi connectivity index (χ1) is 16.0. The van der Waals surface area contributed by atoms with Crippen molar-refractivity contribution in [1.82, 2.24) is 15.0 Å². The second-order valence-electron chi connectivity index (χ2n) is 7.71. The van der Waals surface area contributed by atoms with Gasteiger partial charge in [-0.1, -0.05) is 12.1 Å². The van der Waals surface area contributed by atoms with E-state index in [4.69, 9.17) is 4.74 Å². The van der Waals surface area contributed by atoms with E-state index >= 15 is 0 Å². The fourth-order valence-corrected chi connectivity index (χ4v) is 4.14. The quantitative estimate of drug-likeness (QED) is 0.283. The van der Waals surface area contributed by atoms with E-state index < -0.39 is 17.7 Å². The number of fused-ring (bicyclic) bond motifs is 1. The Labute approximate surface area is 189 Å². The van der Waals surface area contributed by atoms with Crippen molar-refractivity contribution < 1.29 is 19.4 Å². The highest BCUT2D eigenvalue weighted by Crippen LogP contribution is 2.42. The summed E-state index contributed by atoms with van der Waals surface area (Å²) < 4.78 is 5.24. The van der Waals surface area contributed by atoms with Gasteiger partial charge in [-0.2, -0.15) is 0 Å². The van der Waals surface area contributed by atoms with Gasteiger partial charge in [0.1, 0.15) is 11.5 Å². The van der Waals surface area contributed by atoms with Crippen LogP contribution in [0, 0.1) is 6.92 Å². The Morgan fingerprint density at radius 1 is 1.09 bits per heavy atom. The number of ketones is 1. The normalized spacial score (nSPS) is 17.6. The number of imidazole rings is 1. The number of ether oxygens (including phenoxy) is 1. The molecule has 1 aliphatic rings. The van der Waals surface area contributed by atoms with Crippen molar-refractivity contribution in [1.29, 1.82) is 0 Å². The number of amides is 1. The summed E-state index contributed by atoms with van der Waals surface area (Å²) in [5, 5.41) is 11.3. The Bertz CT molecular complexity index is 1390. The fraction of sp³-hybridized carbons (Fsp3) is 0.120. The summed E-state index contributed by atoms with van der Waals surface area (Å²) in [6, 6.07) is 15.0. The molecule has 3 heterocycles. The summed E-state index contributed by atoms with van der Waals surface area (Å²) in [4.78, 5) is 39.5. The summed E-state index contributed by atoms with van der Waals surface area (Å²) in [6.45, 7) is 1.80. The first kappa shape index (κ1) is 20.4. The lowest BCUT2D eigenvalue weighted by molar-refractivity contribution is -0.132. The van der Waals surface area contributed by atoms with E-state index in [2.05, 4.69) is 15.0 Å². The first-order valence-electron chi connectivity index (χ1n) is 10.3. The molecule has 33 heavy (non-hydrogen) atoms. The third kappa shape index (κ3) is 3.32. The van der Waals surface area contributed by atoms with Crippen molar-refractivity contribution in [2.24, 2.45) is 0 Å². The molecular formula is C25H20N4O4. The van der Waals surface area contributed by atoms with Crippen LogP contribution in [0.1, 0.15) is 22.7 Å². The van der Waals surface area contributed by atoms with Crippen molar-refractivity contribution >= 4 is 34.4 Å². The van der Waals surface area contributed by atoms with Crippen LogP contribution in [0.25, 0.3) is 16.8 Å². The number of aliphatic hydroxyl groups is 1. The number of aliphatic hydroxyl groups excluding tert-OH is 1. The molecule has 0 spiro atoms. The number of carbonyl (C=O) groups excluding carboxylic acids is 2. The number of pyridine rings is 1. The van der Waals surface area contributed by atoms with Gasteiger partial charge in [0, 0.05) is 18.0 Å². The Morgan fingerprint density at radius 2 is 1.85 bits per heavy atom. The van der Waals surface area contributed by atoms with Gasteiger partial charge in [0.25, 0.3) is 5.78 Å². The molecule has 2 N–H and O–H groups in total. The zero-order chi connectivity index (χ0) is 23.1. The summed E-state index contributed by atoms with van der Waals surface area (Å²) >= 11 is 0. The number of nitrogens with one attached hydrogen (secondary N) is 1. The lowest BCUT2D eigenvalue weighted by Crippen LogP contribution is -2.30. The molecular weight excluding hydrogens is 420 g/mol. The maximum Gasteiger partial charge on any atom is 0.302 e. The van der Waals surface area contributed by atoms with Gasteiger partial charge in [-0.05, 0) is 60.5 Å². The average molecular weight is 440 g/mol. The van der Waals surface area contributed by atoms with Gasteiger partial charge in [-0.3, -0.25) is 19.5 Å². The minimum absolute atomic E-state index is 0.0140. The van der Waals surface area contributed by atoms with Gasteiger partial charge in [-0.15, -0.1) is 0 Å². The minimum atomic E-state index is -0.880. The smallest absolute Gasteiger partial charge is 0.302 e. The van der Waals surface area contributed by atoms with Crippen molar-refractivity contribution in [3.8, 4) is 5.75 Å². The number of hydrogen-bond acceptors (Lipinski definition) is 6. The van der Waals surface area contributed by atoms with Crippen LogP contribution in [0.4, 0.5) is 5.95 Å². The van der Waals surface area contributed by atoms with Gasteiger partial charge in [0.2, 0.25) is 5.95 Å². The van der Waals surface area contributed by atoms with Crippen LogP contribution in [-0.4, -0.2) is 38.9 Å². The molecule has 0 radical (unpaired) electrons.